The number of hydrogen-bond donors (Lipinski definition) is 4. The second-order valence-electron chi connectivity index (χ2n) is 10.8. The Morgan fingerprint density at radius 1 is 0.690 bits per heavy atom. The van der Waals surface area contributed by atoms with E-state index in [2.05, 4.69) is 60.6 Å². The fraction of sp³-hybridized carbons (Fsp3) is 0.667. The average Bonchev–Trinajstić information content (AvgIpc) is 3.85. The van der Waals surface area contributed by atoms with Crippen molar-refractivity contribution >= 4 is 45.4 Å². The lowest BCUT2D eigenvalue weighted by molar-refractivity contribution is 0.346. The largest absolute Gasteiger partial charge is 0.370 e. The van der Waals surface area contributed by atoms with Gasteiger partial charge in [-0.25, -0.2) is 4.98 Å². The number of rotatable bonds is 0. The maximum absolute atomic E-state index is 4.38. The van der Waals surface area contributed by atoms with Crippen molar-refractivity contribution in [3.8, 4) is 0 Å². The molecule has 2 aromatic heterocycles. The third-order valence-electron chi connectivity index (χ3n) is 7.94. The molecule has 4 saturated heterocycles. The van der Waals surface area contributed by atoms with Crippen LogP contribution >= 0.6 is 16.5 Å². The zero-order valence-electron chi connectivity index (χ0n) is 24.5. The van der Waals surface area contributed by atoms with Gasteiger partial charge < -0.3 is 35.6 Å². The molecule has 0 aliphatic carbocycles. The van der Waals surface area contributed by atoms with Crippen molar-refractivity contribution in [3.05, 3.63) is 24.8 Å². The molecule has 0 aromatic carbocycles. The summed E-state index contributed by atoms with van der Waals surface area (Å²) < 4.78 is 1.92. The summed E-state index contributed by atoms with van der Waals surface area (Å²) >= 11 is 0. The second kappa shape index (κ2) is 15.0. The Balaban J connectivity index is 0.0000000942. The van der Waals surface area contributed by atoms with E-state index in [-0.39, 0.29) is 7.92 Å². The van der Waals surface area contributed by atoms with E-state index in [1.807, 2.05) is 23.0 Å². The lowest BCUT2D eigenvalue weighted by Gasteiger charge is -2.33. The van der Waals surface area contributed by atoms with E-state index in [1.54, 1.807) is 6.20 Å². The molecule has 0 spiro atoms. The lowest BCUT2D eigenvalue weighted by Crippen LogP contribution is -2.49. The number of hydrogen-bond acceptors (Lipinski definition) is 11. The van der Waals surface area contributed by atoms with Crippen molar-refractivity contribution in [2.75, 3.05) is 104 Å². The molecule has 0 radical (unpaired) electrons. The van der Waals surface area contributed by atoms with Crippen LogP contribution in [0.5, 0.6) is 0 Å². The number of nitrogens with zero attached hydrogens (tertiary/aromatic N) is 9. The number of H-pyrrole nitrogens is 1. The maximum Gasteiger partial charge on any atom is 0.211 e. The van der Waals surface area contributed by atoms with Crippen LogP contribution in [0.2, 0.25) is 0 Å². The summed E-state index contributed by atoms with van der Waals surface area (Å²) in [4.78, 5) is 31.3. The highest BCUT2D eigenvalue weighted by Gasteiger charge is 2.24. The quantitative estimate of drug-likeness (QED) is 0.323. The Labute approximate surface area is 251 Å². The van der Waals surface area contributed by atoms with Crippen LogP contribution in [0.1, 0.15) is 12.8 Å². The molecule has 13 nitrogen and oxygen atoms in total. The lowest BCUT2D eigenvalue weighted by atomic mass is 10.2. The number of guanidine groups is 2. The number of aromatic amines is 1. The molecule has 10 rings (SSSR count). The first-order valence-electron chi connectivity index (χ1n) is 15.4. The number of imidazole rings is 2. The first-order chi connectivity index (χ1) is 20.8. The number of fused-ring (bicyclic) bond motifs is 5. The Hall–Kier alpha value is -2.91. The van der Waals surface area contributed by atoms with Gasteiger partial charge in [-0.1, -0.05) is 0 Å². The molecular weight excluding hydrogens is 568 g/mol. The predicted molar refractivity (Wildman–Crippen MR) is 177 cm³/mol. The minimum Gasteiger partial charge on any atom is -0.370 e. The molecule has 2 unspecified atom stereocenters. The van der Waals surface area contributed by atoms with Crippen molar-refractivity contribution < 1.29 is 0 Å². The molecule has 2 atom stereocenters. The molecule has 10 heterocycles. The Kier molecular flexibility index (Phi) is 10.4. The van der Waals surface area contributed by atoms with Crippen LogP contribution in [0.3, 0.4) is 0 Å². The summed E-state index contributed by atoms with van der Waals surface area (Å²) in [5.41, 5.74) is 2.74. The van der Waals surface area contributed by atoms with Gasteiger partial charge in [0.15, 0.2) is 11.9 Å². The summed E-state index contributed by atoms with van der Waals surface area (Å²) in [6, 6.07) is 0. The van der Waals surface area contributed by atoms with E-state index in [0.717, 1.165) is 78.6 Å². The van der Waals surface area contributed by atoms with Crippen molar-refractivity contribution in [2.24, 2.45) is 20.0 Å². The zero-order chi connectivity index (χ0) is 28.4. The Morgan fingerprint density at radius 2 is 1.52 bits per heavy atom. The highest BCUT2D eigenvalue weighted by atomic mass is 31.1. The third-order valence-corrected chi connectivity index (χ3v) is 11.6. The topological polar surface area (TPSA) is 128 Å². The van der Waals surface area contributed by atoms with Gasteiger partial charge >= 0.3 is 0 Å². The first-order valence-corrected chi connectivity index (χ1v) is 18.3. The molecule has 8 aliphatic rings. The van der Waals surface area contributed by atoms with Gasteiger partial charge in [-0.2, -0.15) is 0 Å². The van der Waals surface area contributed by atoms with Crippen LogP contribution in [0.25, 0.3) is 5.78 Å². The fourth-order valence-electron chi connectivity index (χ4n) is 5.76. The van der Waals surface area contributed by atoms with E-state index in [1.165, 1.54) is 75.2 Å². The smallest absolute Gasteiger partial charge is 0.211 e. The molecular formula is C27H45N13P2. The minimum atomic E-state index is 0.246. The van der Waals surface area contributed by atoms with Crippen LogP contribution in [0, 0.1) is 0 Å². The molecule has 8 aliphatic heterocycles. The van der Waals surface area contributed by atoms with Gasteiger partial charge in [0.1, 0.15) is 11.2 Å². The Morgan fingerprint density at radius 3 is 2.40 bits per heavy atom. The van der Waals surface area contributed by atoms with Gasteiger partial charge in [-0.3, -0.25) is 24.4 Å². The van der Waals surface area contributed by atoms with Gasteiger partial charge in [0, 0.05) is 96.8 Å². The van der Waals surface area contributed by atoms with Gasteiger partial charge in [0.25, 0.3) is 0 Å². The number of nitrogens with one attached hydrogen (secondary N) is 4. The summed E-state index contributed by atoms with van der Waals surface area (Å²) in [5.74, 6) is 3.15. The fourth-order valence-corrected chi connectivity index (χ4v) is 9.04. The van der Waals surface area contributed by atoms with Gasteiger partial charge in [0.2, 0.25) is 5.78 Å². The van der Waals surface area contributed by atoms with Crippen LogP contribution in [-0.2, 0) is 0 Å². The van der Waals surface area contributed by atoms with Gasteiger partial charge in [-0.05, 0) is 47.8 Å². The maximum atomic E-state index is 4.38. The van der Waals surface area contributed by atoms with Gasteiger partial charge in [0.05, 0.1) is 13.1 Å². The molecule has 4 N–H and O–H groups in total. The van der Waals surface area contributed by atoms with Crippen LogP contribution in [-0.4, -0.2) is 156 Å². The van der Waals surface area contributed by atoms with E-state index in [0.29, 0.717) is 0 Å². The molecule has 15 heteroatoms. The van der Waals surface area contributed by atoms with E-state index in [9.17, 15) is 0 Å². The molecule has 0 bridgehead atoms. The summed E-state index contributed by atoms with van der Waals surface area (Å²) in [7, 11) is 1.26. The van der Waals surface area contributed by atoms with Crippen molar-refractivity contribution in [1.29, 1.82) is 0 Å². The van der Waals surface area contributed by atoms with Gasteiger partial charge in [-0.15, -0.1) is 0 Å². The Bertz CT molecular complexity index is 1140. The van der Waals surface area contributed by atoms with Crippen LogP contribution < -0.4 is 16.0 Å². The zero-order valence-corrected chi connectivity index (χ0v) is 26.4. The highest BCUT2D eigenvalue weighted by Crippen LogP contribution is 2.42. The monoisotopic (exact) mass is 613 g/mol. The van der Waals surface area contributed by atoms with E-state index < -0.39 is 0 Å². The summed E-state index contributed by atoms with van der Waals surface area (Å²) in [6.07, 6.45) is 14.0. The first kappa shape index (κ1) is 29.2. The van der Waals surface area contributed by atoms with Crippen LogP contribution in [0.4, 0.5) is 0 Å². The normalized spacial score (nSPS) is 24.7. The average molecular weight is 614 g/mol. The number of aromatic nitrogens is 3. The SMILES string of the molecule is C1CN2CCNC2=N1.C1CN2CCPC2=N1.C1CN=C2NCCCN2C1.C1CP2CCNC2=N1.c1cn2cc[nH]c2n1. The summed E-state index contributed by atoms with van der Waals surface area (Å²) in [5, 5.41) is 9.79. The molecule has 42 heavy (non-hydrogen) atoms. The highest BCUT2D eigenvalue weighted by molar-refractivity contribution is 7.76. The minimum absolute atomic E-state index is 0.246. The van der Waals surface area contributed by atoms with Crippen LogP contribution in [0.15, 0.2) is 44.8 Å². The predicted octanol–water partition coefficient (Wildman–Crippen LogP) is 0.756. The van der Waals surface area contributed by atoms with Crippen molar-refractivity contribution in [2.45, 2.75) is 12.8 Å². The summed E-state index contributed by atoms with van der Waals surface area (Å²) in [6.45, 7) is 14.7. The third kappa shape index (κ3) is 7.72. The molecule has 2 aromatic rings. The molecule has 4 fully saturated rings. The molecule has 0 saturated carbocycles. The number of aliphatic imine (C=N–C) groups is 4. The second-order valence-corrected chi connectivity index (χ2v) is 14.5. The standard InChI is InChI=1S/C7H13N3.C5H9N3.C5H5N3.2C5H9N2P/c1-3-8-7-9-4-2-6-10(7)5-1;3*1-3-8-4-2-7-5(8)6-1;1-2-7-3-4-8-5(7)6-1/h1-6H2,(H,8,9);1-4H2,(H,6,7);1-4H,(H,6,7);1-4H2,(H,6,7);8H,1-4H2. The van der Waals surface area contributed by atoms with Crippen molar-refractivity contribution in [3.63, 3.8) is 0 Å². The molecule has 228 valence electrons. The van der Waals surface area contributed by atoms with E-state index >= 15 is 0 Å². The van der Waals surface area contributed by atoms with E-state index in [4.69, 9.17) is 0 Å². The number of amidine groups is 2. The van der Waals surface area contributed by atoms with Crippen molar-refractivity contribution in [1.82, 2.24) is 45.0 Å². The molecule has 0 amide bonds.